The van der Waals surface area contributed by atoms with Gasteiger partial charge in [-0.2, -0.15) is 0 Å². The molecular formula is C29H41NO2. The summed E-state index contributed by atoms with van der Waals surface area (Å²) in [5.74, 6) is 0.417. The molecule has 2 N–H and O–H groups in total. The predicted molar refractivity (Wildman–Crippen MR) is 138 cm³/mol. The van der Waals surface area contributed by atoms with Crippen molar-refractivity contribution in [2.24, 2.45) is 0 Å². The fourth-order valence-corrected chi connectivity index (χ4v) is 3.06. The number of aromatic hydroxyl groups is 1. The largest absolute Gasteiger partial charge is 0.508 e. The van der Waals surface area contributed by atoms with Crippen LogP contribution in [0.1, 0.15) is 69.4 Å². The average molecular weight is 436 g/mol. The van der Waals surface area contributed by atoms with E-state index in [1.165, 1.54) is 0 Å². The molecule has 0 aliphatic carbocycles. The molecule has 1 rings (SSSR count). The highest BCUT2D eigenvalue weighted by molar-refractivity contribution is 5.75. The summed E-state index contributed by atoms with van der Waals surface area (Å²) >= 11 is 0. The molecule has 0 saturated heterocycles. The molecule has 0 heterocycles. The van der Waals surface area contributed by atoms with Crippen molar-refractivity contribution in [1.29, 1.82) is 0 Å². The van der Waals surface area contributed by atoms with Crippen LogP contribution in [0.2, 0.25) is 0 Å². The lowest BCUT2D eigenvalue weighted by Gasteiger charge is -2.06. The van der Waals surface area contributed by atoms with Crippen molar-refractivity contribution in [2.75, 3.05) is 6.54 Å². The highest BCUT2D eigenvalue weighted by Crippen LogP contribution is 2.17. The molecule has 0 saturated carbocycles. The van der Waals surface area contributed by atoms with E-state index in [-0.39, 0.29) is 5.91 Å². The summed E-state index contributed by atoms with van der Waals surface area (Å²) in [6, 6.07) is 5.57. The highest BCUT2D eigenvalue weighted by Gasteiger charge is 2.01. The smallest absolute Gasteiger partial charge is 0.220 e. The van der Waals surface area contributed by atoms with Gasteiger partial charge in [0.2, 0.25) is 5.91 Å². The Morgan fingerprint density at radius 2 is 1.44 bits per heavy atom. The molecule has 0 radical (unpaired) electrons. The van der Waals surface area contributed by atoms with Gasteiger partial charge in [-0.3, -0.25) is 4.79 Å². The van der Waals surface area contributed by atoms with E-state index in [0.717, 1.165) is 62.5 Å². The maximum Gasteiger partial charge on any atom is 0.220 e. The van der Waals surface area contributed by atoms with E-state index in [0.29, 0.717) is 18.7 Å². The summed E-state index contributed by atoms with van der Waals surface area (Å²) < 4.78 is 0. The van der Waals surface area contributed by atoms with Gasteiger partial charge in [-0.15, -0.1) is 0 Å². The minimum atomic E-state index is 0.104. The summed E-state index contributed by atoms with van der Waals surface area (Å²) in [5.41, 5.74) is 1.99. The zero-order valence-corrected chi connectivity index (χ0v) is 19.9. The normalized spacial score (nSPS) is 12.3. The summed E-state index contributed by atoms with van der Waals surface area (Å²) in [5, 5.41) is 12.5. The van der Waals surface area contributed by atoms with Crippen LogP contribution in [0.25, 0.3) is 0 Å². The number of rotatable bonds is 16. The SMILES string of the molecule is CC/C=C\C/C=C\C/C=C\C/C=C\C/C=C\CCCC(=O)NCCc1ccc(O)c(C)c1. The number of hydrogen-bond donors (Lipinski definition) is 2. The second-order valence-electron chi connectivity index (χ2n) is 7.82. The monoisotopic (exact) mass is 435 g/mol. The third-order valence-corrected chi connectivity index (χ3v) is 4.93. The molecule has 0 spiro atoms. The molecule has 0 aliphatic heterocycles. The molecule has 1 aromatic rings. The van der Waals surface area contributed by atoms with Crippen molar-refractivity contribution in [1.82, 2.24) is 5.32 Å². The van der Waals surface area contributed by atoms with Crippen molar-refractivity contribution < 1.29 is 9.90 Å². The first-order chi connectivity index (χ1) is 15.6. The Labute approximate surface area is 195 Å². The Hall–Kier alpha value is -2.81. The summed E-state index contributed by atoms with van der Waals surface area (Å²) in [7, 11) is 0. The Bertz CT molecular complexity index is 784. The van der Waals surface area contributed by atoms with Crippen LogP contribution in [0.5, 0.6) is 5.75 Å². The fraction of sp³-hybridized carbons (Fsp3) is 0.414. The van der Waals surface area contributed by atoms with Gasteiger partial charge in [0.05, 0.1) is 0 Å². The van der Waals surface area contributed by atoms with Gasteiger partial charge in [-0.25, -0.2) is 0 Å². The molecule has 1 amide bonds. The summed E-state index contributed by atoms with van der Waals surface area (Å²) in [6.45, 7) is 4.66. The Balaban J connectivity index is 1.99. The van der Waals surface area contributed by atoms with Crippen LogP contribution in [0, 0.1) is 6.92 Å². The van der Waals surface area contributed by atoms with E-state index in [1.807, 2.05) is 19.1 Å². The number of hydrogen-bond acceptors (Lipinski definition) is 2. The second kappa shape index (κ2) is 18.9. The van der Waals surface area contributed by atoms with Gasteiger partial charge in [-0.1, -0.05) is 79.8 Å². The number of benzene rings is 1. The van der Waals surface area contributed by atoms with Gasteiger partial charge in [0.15, 0.2) is 0 Å². The summed E-state index contributed by atoms with van der Waals surface area (Å²) in [4.78, 5) is 11.9. The molecule has 0 bridgehead atoms. The molecule has 0 unspecified atom stereocenters. The molecule has 174 valence electrons. The Morgan fingerprint density at radius 1 is 0.875 bits per heavy atom. The van der Waals surface area contributed by atoms with E-state index in [9.17, 15) is 9.90 Å². The molecule has 1 aromatic carbocycles. The lowest BCUT2D eigenvalue weighted by atomic mass is 10.1. The number of aryl methyl sites for hydroxylation is 1. The number of phenols is 1. The number of amides is 1. The quantitative estimate of drug-likeness (QED) is 0.212. The molecule has 0 atom stereocenters. The maximum atomic E-state index is 11.9. The zero-order valence-electron chi connectivity index (χ0n) is 19.9. The molecule has 3 heteroatoms. The molecular weight excluding hydrogens is 394 g/mol. The van der Waals surface area contributed by atoms with Crippen LogP contribution in [-0.2, 0) is 11.2 Å². The van der Waals surface area contributed by atoms with Crippen LogP contribution in [0.4, 0.5) is 0 Å². The number of carbonyl (C=O) groups is 1. The first-order valence-electron chi connectivity index (χ1n) is 11.9. The maximum absolute atomic E-state index is 11.9. The fourth-order valence-electron chi connectivity index (χ4n) is 3.06. The van der Waals surface area contributed by atoms with Crippen molar-refractivity contribution in [3.8, 4) is 5.75 Å². The first-order valence-corrected chi connectivity index (χ1v) is 11.9. The second-order valence-corrected chi connectivity index (χ2v) is 7.82. The number of carbonyl (C=O) groups excluding carboxylic acids is 1. The standard InChI is InChI=1S/C29H41NO2/c1-3-4-5-6-7-8-9-10-11-12-13-14-15-16-17-18-19-20-29(32)30-24-23-27-21-22-28(31)26(2)25-27/h4-5,7-8,10-11,13-14,16-17,21-22,25,31H,3,6,9,12,15,18-20,23-24H2,1-2H3,(H,30,32)/b5-4-,8-7-,11-10-,14-13-,17-16-. The van der Waals surface area contributed by atoms with Gasteiger partial charge >= 0.3 is 0 Å². The summed E-state index contributed by atoms with van der Waals surface area (Å²) in [6.07, 6.45) is 30.1. The number of phenolic OH excluding ortho intramolecular Hbond substituents is 1. The number of unbranched alkanes of at least 4 members (excludes halogenated alkanes) is 1. The topological polar surface area (TPSA) is 49.3 Å². The van der Waals surface area contributed by atoms with Crippen molar-refractivity contribution in [3.05, 3.63) is 90.1 Å². The van der Waals surface area contributed by atoms with E-state index < -0.39 is 0 Å². The zero-order chi connectivity index (χ0) is 23.3. The lowest BCUT2D eigenvalue weighted by molar-refractivity contribution is -0.121. The van der Waals surface area contributed by atoms with Crippen LogP contribution >= 0.6 is 0 Å². The van der Waals surface area contributed by atoms with Crippen LogP contribution in [-0.4, -0.2) is 17.6 Å². The van der Waals surface area contributed by atoms with Gasteiger partial charge in [0.25, 0.3) is 0 Å². The van der Waals surface area contributed by atoms with Gasteiger partial charge in [-0.05, 0) is 75.5 Å². The minimum Gasteiger partial charge on any atom is -0.508 e. The van der Waals surface area contributed by atoms with Gasteiger partial charge in [0, 0.05) is 13.0 Å². The molecule has 3 nitrogen and oxygen atoms in total. The van der Waals surface area contributed by atoms with Crippen molar-refractivity contribution in [3.63, 3.8) is 0 Å². The van der Waals surface area contributed by atoms with Gasteiger partial charge in [0.1, 0.15) is 5.75 Å². The first kappa shape index (κ1) is 27.2. The van der Waals surface area contributed by atoms with Crippen molar-refractivity contribution in [2.45, 2.75) is 71.6 Å². The highest BCUT2D eigenvalue weighted by atomic mass is 16.3. The van der Waals surface area contributed by atoms with Crippen LogP contribution in [0.3, 0.4) is 0 Å². The molecule has 0 aliphatic rings. The number of nitrogens with one attached hydrogen (secondary N) is 1. The molecule has 32 heavy (non-hydrogen) atoms. The van der Waals surface area contributed by atoms with E-state index >= 15 is 0 Å². The number of allylic oxidation sites excluding steroid dienone is 10. The molecule has 0 fully saturated rings. The van der Waals surface area contributed by atoms with Gasteiger partial charge < -0.3 is 10.4 Å². The Kier molecular flexibility index (Phi) is 16.1. The Morgan fingerprint density at radius 3 is 2.00 bits per heavy atom. The molecule has 0 aromatic heterocycles. The lowest BCUT2D eigenvalue weighted by Crippen LogP contribution is -2.25. The van der Waals surface area contributed by atoms with E-state index in [1.54, 1.807) is 6.07 Å². The van der Waals surface area contributed by atoms with E-state index in [4.69, 9.17) is 0 Å². The van der Waals surface area contributed by atoms with Crippen LogP contribution < -0.4 is 5.32 Å². The predicted octanol–water partition coefficient (Wildman–Crippen LogP) is 7.28. The average Bonchev–Trinajstić information content (AvgIpc) is 2.78. The van der Waals surface area contributed by atoms with Crippen LogP contribution in [0.15, 0.2) is 79.0 Å². The van der Waals surface area contributed by atoms with E-state index in [2.05, 4.69) is 73.0 Å². The third-order valence-electron chi connectivity index (χ3n) is 4.93. The minimum absolute atomic E-state index is 0.104. The van der Waals surface area contributed by atoms with Crippen molar-refractivity contribution >= 4 is 5.91 Å². The third kappa shape index (κ3) is 15.1.